The van der Waals surface area contributed by atoms with E-state index >= 15 is 0 Å². The normalized spacial score (nSPS) is 18.5. The summed E-state index contributed by atoms with van der Waals surface area (Å²) in [4.78, 5) is 19.4. The molecule has 0 unspecified atom stereocenters. The van der Waals surface area contributed by atoms with Gasteiger partial charge in [0, 0.05) is 49.9 Å². The highest BCUT2D eigenvalue weighted by molar-refractivity contribution is 7.89. The predicted molar refractivity (Wildman–Crippen MR) is 125 cm³/mol. The number of anilines is 1. The van der Waals surface area contributed by atoms with Crippen molar-refractivity contribution in [1.29, 1.82) is 0 Å². The number of amides is 1. The van der Waals surface area contributed by atoms with E-state index in [2.05, 4.69) is 10.3 Å². The number of hydrogen-bond donors (Lipinski definition) is 1. The Hall–Kier alpha value is -2.16. The maximum absolute atomic E-state index is 13.3. The third-order valence-electron chi connectivity index (χ3n) is 6.26. The van der Waals surface area contributed by atoms with Crippen LogP contribution in [-0.4, -0.2) is 49.8 Å². The Labute approximate surface area is 194 Å². The predicted octanol–water partition coefficient (Wildman–Crippen LogP) is 3.44. The first-order chi connectivity index (χ1) is 15.5. The van der Waals surface area contributed by atoms with E-state index in [-0.39, 0.29) is 16.7 Å². The molecule has 3 heterocycles. The molecule has 9 heteroatoms. The van der Waals surface area contributed by atoms with E-state index in [0.717, 1.165) is 24.8 Å². The molecule has 2 aromatic rings. The minimum Gasteiger partial charge on any atom is -0.355 e. The molecule has 2 fully saturated rings. The van der Waals surface area contributed by atoms with Crippen LogP contribution >= 0.6 is 11.6 Å². The molecule has 1 aromatic heterocycles. The molecule has 32 heavy (non-hydrogen) atoms. The monoisotopic (exact) mass is 476 g/mol. The number of carbonyl (C=O) groups excluding carboxylic acids is 1. The molecule has 4 rings (SSSR count). The highest BCUT2D eigenvalue weighted by Crippen LogP contribution is 2.30. The van der Waals surface area contributed by atoms with Gasteiger partial charge in [0.25, 0.3) is 0 Å². The average Bonchev–Trinajstić information content (AvgIpc) is 2.84. The lowest BCUT2D eigenvalue weighted by atomic mass is 9.96. The number of piperidine rings is 2. The van der Waals surface area contributed by atoms with Gasteiger partial charge < -0.3 is 10.2 Å². The van der Waals surface area contributed by atoms with Crippen LogP contribution in [-0.2, 0) is 21.4 Å². The van der Waals surface area contributed by atoms with Gasteiger partial charge in [-0.15, -0.1) is 0 Å². The van der Waals surface area contributed by atoms with Crippen molar-refractivity contribution in [3.8, 4) is 0 Å². The molecule has 0 saturated carbocycles. The lowest BCUT2D eigenvalue weighted by Crippen LogP contribution is -2.42. The molecular weight excluding hydrogens is 448 g/mol. The van der Waals surface area contributed by atoms with Crippen molar-refractivity contribution >= 4 is 33.3 Å². The maximum Gasteiger partial charge on any atom is 0.246 e. The van der Waals surface area contributed by atoms with E-state index in [9.17, 15) is 13.2 Å². The van der Waals surface area contributed by atoms with Gasteiger partial charge in [-0.05, 0) is 49.4 Å². The van der Waals surface area contributed by atoms with Crippen molar-refractivity contribution in [3.63, 3.8) is 0 Å². The van der Waals surface area contributed by atoms with Crippen LogP contribution in [0.1, 0.15) is 37.7 Å². The molecule has 0 aliphatic carbocycles. The van der Waals surface area contributed by atoms with E-state index in [0.29, 0.717) is 56.4 Å². The van der Waals surface area contributed by atoms with Crippen molar-refractivity contribution in [2.24, 2.45) is 5.92 Å². The third-order valence-corrected chi connectivity index (χ3v) is 8.55. The fourth-order valence-corrected chi connectivity index (χ4v) is 6.27. The average molecular weight is 477 g/mol. The summed E-state index contributed by atoms with van der Waals surface area (Å²) >= 11 is 6.17. The molecular formula is C23H29ClN4O3S. The number of nitrogens with zero attached hydrogens (tertiary/aromatic N) is 3. The van der Waals surface area contributed by atoms with Crippen molar-refractivity contribution in [1.82, 2.24) is 14.6 Å². The van der Waals surface area contributed by atoms with Crippen molar-refractivity contribution in [3.05, 3.63) is 53.2 Å². The first kappa shape index (κ1) is 23.0. The third kappa shape index (κ3) is 5.08. The first-order valence-electron chi connectivity index (χ1n) is 11.2. The molecule has 2 aliphatic rings. The fourth-order valence-electron chi connectivity index (χ4n) is 4.39. The summed E-state index contributed by atoms with van der Waals surface area (Å²) in [5.74, 6) is 0.388. The zero-order valence-corrected chi connectivity index (χ0v) is 19.6. The van der Waals surface area contributed by atoms with Gasteiger partial charge in [0.05, 0.1) is 0 Å². The second kappa shape index (κ2) is 10.2. The lowest BCUT2D eigenvalue weighted by molar-refractivity contribution is -0.125. The fraction of sp³-hybridized carbons (Fsp3) is 0.478. The van der Waals surface area contributed by atoms with Crippen molar-refractivity contribution < 1.29 is 13.2 Å². The molecule has 2 saturated heterocycles. The number of aromatic nitrogens is 1. The highest BCUT2D eigenvalue weighted by atomic mass is 35.5. The first-order valence-corrected chi connectivity index (χ1v) is 13.0. The number of halogens is 1. The molecule has 0 radical (unpaired) electrons. The molecule has 0 atom stereocenters. The summed E-state index contributed by atoms with van der Waals surface area (Å²) < 4.78 is 28.1. The van der Waals surface area contributed by atoms with Gasteiger partial charge in [-0.1, -0.05) is 36.2 Å². The number of nitrogens with one attached hydrogen (secondary N) is 1. The van der Waals surface area contributed by atoms with Crippen LogP contribution in [0.4, 0.5) is 5.82 Å². The van der Waals surface area contributed by atoms with Gasteiger partial charge in [-0.3, -0.25) is 4.79 Å². The van der Waals surface area contributed by atoms with Crippen LogP contribution in [0.5, 0.6) is 0 Å². The largest absolute Gasteiger partial charge is 0.355 e. The summed E-state index contributed by atoms with van der Waals surface area (Å²) in [6.45, 7) is 2.69. The Kier molecular flexibility index (Phi) is 7.33. The molecule has 0 spiro atoms. The second-order valence-electron chi connectivity index (χ2n) is 8.36. The van der Waals surface area contributed by atoms with Crippen LogP contribution < -0.4 is 10.2 Å². The minimum atomic E-state index is -3.58. The number of sulfonamides is 1. The van der Waals surface area contributed by atoms with Gasteiger partial charge in [0.1, 0.15) is 10.7 Å². The summed E-state index contributed by atoms with van der Waals surface area (Å²) in [6.07, 6.45) is 5.78. The molecule has 1 amide bonds. The van der Waals surface area contributed by atoms with Crippen LogP contribution in [0.3, 0.4) is 0 Å². The Bertz CT molecular complexity index is 1050. The number of rotatable bonds is 6. The Morgan fingerprint density at radius 2 is 1.75 bits per heavy atom. The second-order valence-corrected chi connectivity index (χ2v) is 10.7. The summed E-state index contributed by atoms with van der Waals surface area (Å²) in [6, 6.07) is 10.8. The van der Waals surface area contributed by atoms with Gasteiger partial charge in [-0.25, -0.2) is 13.4 Å². The Morgan fingerprint density at radius 3 is 2.47 bits per heavy atom. The summed E-state index contributed by atoms with van der Waals surface area (Å²) in [5, 5.41) is 3.62. The van der Waals surface area contributed by atoms with Gasteiger partial charge >= 0.3 is 0 Å². The molecule has 1 aromatic carbocycles. The lowest BCUT2D eigenvalue weighted by Gasteiger charge is -2.34. The zero-order valence-electron chi connectivity index (χ0n) is 18.0. The van der Waals surface area contributed by atoms with Crippen LogP contribution in [0.15, 0.2) is 47.5 Å². The van der Waals surface area contributed by atoms with Gasteiger partial charge in [0.2, 0.25) is 15.9 Å². The van der Waals surface area contributed by atoms with Crippen LogP contribution in [0.25, 0.3) is 0 Å². The summed E-state index contributed by atoms with van der Waals surface area (Å²) in [7, 11) is -3.58. The van der Waals surface area contributed by atoms with Gasteiger partial charge in [-0.2, -0.15) is 4.31 Å². The van der Waals surface area contributed by atoms with Crippen LogP contribution in [0.2, 0.25) is 5.02 Å². The smallest absolute Gasteiger partial charge is 0.246 e. The van der Waals surface area contributed by atoms with E-state index < -0.39 is 10.0 Å². The number of carbonyl (C=O) groups is 1. The zero-order chi connectivity index (χ0) is 22.6. The number of pyridine rings is 1. The maximum atomic E-state index is 13.3. The van der Waals surface area contributed by atoms with E-state index in [1.807, 2.05) is 29.2 Å². The molecule has 172 valence electrons. The molecule has 7 nitrogen and oxygen atoms in total. The Morgan fingerprint density at radius 1 is 1.03 bits per heavy atom. The number of hydrogen-bond acceptors (Lipinski definition) is 5. The van der Waals surface area contributed by atoms with Gasteiger partial charge in [0.15, 0.2) is 0 Å². The van der Waals surface area contributed by atoms with E-state index in [4.69, 9.17) is 11.6 Å². The minimum absolute atomic E-state index is 0.00625. The Balaban J connectivity index is 1.39. The number of benzene rings is 1. The highest BCUT2D eigenvalue weighted by Gasteiger charge is 2.32. The standard InChI is InChI=1S/C23H29ClN4O3S/c24-20-8-3-2-7-19(20)17-26-23(29)18-10-15-27(16-11-18)22-21(9-6-12-25-22)32(30,31)28-13-4-1-5-14-28/h2-3,6-9,12,18H,1,4-5,10-11,13-17H2,(H,26,29). The topological polar surface area (TPSA) is 82.6 Å². The molecule has 0 bridgehead atoms. The SMILES string of the molecule is O=C(NCc1ccccc1Cl)C1CCN(c2ncccc2S(=O)(=O)N2CCCCC2)CC1. The van der Waals surface area contributed by atoms with Crippen LogP contribution in [0, 0.1) is 5.92 Å². The van der Waals surface area contributed by atoms with Crippen molar-refractivity contribution in [2.75, 3.05) is 31.1 Å². The van der Waals surface area contributed by atoms with Crippen molar-refractivity contribution in [2.45, 2.75) is 43.5 Å². The molecule has 1 N–H and O–H groups in total. The summed E-state index contributed by atoms with van der Waals surface area (Å²) in [5.41, 5.74) is 0.890. The molecule has 2 aliphatic heterocycles. The quantitative estimate of drug-likeness (QED) is 0.690. The van der Waals surface area contributed by atoms with E-state index in [1.165, 1.54) is 0 Å². The van der Waals surface area contributed by atoms with E-state index in [1.54, 1.807) is 22.6 Å².